The van der Waals surface area contributed by atoms with E-state index in [9.17, 15) is 9.59 Å². The molecule has 4 heteroatoms. The predicted molar refractivity (Wildman–Crippen MR) is 42.5 cm³/mol. The lowest BCUT2D eigenvalue weighted by atomic mass is 10.1. The molecule has 4 nitrogen and oxygen atoms in total. The summed E-state index contributed by atoms with van der Waals surface area (Å²) in [6.45, 7) is 2.99. The minimum atomic E-state index is -0.692. The van der Waals surface area contributed by atoms with E-state index in [-0.39, 0.29) is 25.4 Å². The third-order valence-electron chi connectivity index (χ3n) is 1.37. The lowest BCUT2D eigenvalue weighted by Gasteiger charge is -2.10. The summed E-state index contributed by atoms with van der Waals surface area (Å²) in [5.74, 6) is -1.32. The molecule has 0 heterocycles. The molecule has 0 aliphatic carbocycles. The highest BCUT2D eigenvalue weighted by Gasteiger charge is 2.20. The van der Waals surface area contributed by atoms with Crippen LogP contribution in [0.25, 0.3) is 0 Å². The van der Waals surface area contributed by atoms with Crippen molar-refractivity contribution < 1.29 is 19.4 Å². The largest absolute Gasteiger partial charge is 0.466 e. The van der Waals surface area contributed by atoms with E-state index in [1.165, 1.54) is 6.92 Å². The first-order chi connectivity index (χ1) is 5.61. The van der Waals surface area contributed by atoms with Gasteiger partial charge in [0.15, 0.2) is 0 Å². The molecule has 0 bridgehead atoms. The molecule has 1 unspecified atom stereocenters. The Kier molecular flexibility index (Phi) is 5.28. The summed E-state index contributed by atoms with van der Waals surface area (Å²) in [5.41, 5.74) is 0. The third-order valence-corrected chi connectivity index (χ3v) is 1.37. The molecule has 0 rings (SSSR count). The van der Waals surface area contributed by atoms with Crippen LogP contribution in [-0.2, 0) is 14.3 Å². The highest BCUT2D eigenvalue weighted by Crippen LogP contribution is 2.05. The highest BCUT2D eigenvalue weighted by atomic mass is 16.5. The van der Waals surface area contributed by atoms with Gasteiger partial charge in [-0.15, -0.1) is 0 Å². The summed E-state index contributed by atoms with van der Waals surface area (Å²) in [7, 11) is 0. The van der Waals surface area contributed by atoms with Crippen LogP contribution in [0.1, 0.15) is 20.3 Å². The molecular formula is C8H14O4. The zero-order valence-corrected chi connectivity index (χ0v) is 7.37. The molecule has 0 aliphatic rings. The lowest BCUT2D eigenvalue weighted by molar-refractivity contribution is -0.150. The Morgan fingerprint density at radius 1 is 1.50 bits per heavy atom. The second kappa shape index (κ2) is 5.71. The Balaban J connectivity index is 3.96. The van der Waals surface area contributed by atoms with Crippen LogP contribution in [0.2, 0.25) is 0 Å². The Bertz CT molecular complexity index is 164. The molecule has 1 N–H and O–H groups in total. The molecule has 0 radical (unpaired) electrons. The normalized spacial score (nSPS) is 12.2. The van der Waals surface area contributed by atoms with Crippen LogP contribution in [0, 0.1) is 5.92 Å². The molecule has 0 saturated carbocycles. The second-order valence-corrected chi connectivity index (χ2v) is 2.54. The zero-order valence-electron chi connectivity index (χ0n) is 7.37. The number of hydrogen-bond donors (Lipinski definition) is 1. The van der Waals surface area contributed by atoms with E-state index >= 15 is 0 Å². The van der Waals surface area contributed by atoms with Gasteiger partial charge in [-0.3, -0.25) is 4.79 Å². The summed E-state index contributed by atoms with van der Waals surface area (Å²) in [6.07, 6.45) is 0.0509. The maximum absolute atomic E-state index is 11.0. The van der Waals surface area contributed by atoms with Crippen molar-refractivity contribution in [1.29, 1.82) is 0 Å². The van der Waals surface area contributed by atoms with Crippen LogP contribution in [-0.4, -0.2) is 30.1 Å². The average molecular weight is 174 g/mol. The van der Waals surface area contributed by atoms with Gasteiger partial charge in [0.2, 0.25) is 0 Å². The number of rotatable bonds is 5. The van der Waals surface area contributed by atoms with Gasteiger partial charge >= 0.3 is 5.97 Å². The number of ketones is 1. The molecule has 12 heavy (non-hydrogen) atoms. The zero-order chi connectivity index (χ0) is 9.56. The van der Waals surface area contributed by atoms with E-state index in [0.717, 1.165) is 0 Å². The van der Waals surface area contributed by atoms with Crippen LogP contribution in [0.15, 0.2) is 0 Å². The number of carbonyl (C=O) groups is 2. The van der Waals surface area contributed by atoms with Crippen molar-refractivity contribution in [2.75, 3.05) is 13.2 Å². The molecule has 0 spiro atoms. The fourth-order valence-corrected chi connectivity index (χ4v) is 0.830. The number of esters is 1. The molecule has 0 aromatic rings. The van der Waals surface area contributed by atoms with Gasteiger partial charge in [0.05, 0.1) is 19.1 Å². The van der Waals surface area contributed by atoms with Crippen molar-refractivity contribution in [2.45, 2.75) is 20.3 Å². The number of Topliss-reactive ketones (excluding diaryl/α,β-unsaturated/α-hetero) is 1. The molecule has 0 aliphatic heterocycles. The van der Waals surface area contributed by atoms with E-state index in [1.54, 1.807) is 6.92 Å². The van der Waals surface area contributed by atoms with Gasteiger partial charge < -0.3 is 14.6 Å². The summed E-state index contributed by atoms with van der Waals surface area (Å²) in [4.78, 5) is 21.6. The quantitative estimate of drug-likeness (QED) is 0.602. The second-order valence-electron chi connectivity index (χ2n) is 2.54. The molecular weight excluding hydrogens is 160 g/mol. The number of ether oxygens (including phenoxy) is 1. The summed E-state index contributed by atoms with van der Waals surface area (Å²) >= 11 is 0. The van der Waals surface area contributed by atoms with E-state index in [0.29, 0.717) is 0 Å². The lowest BCUT2D eigenvalue weighted by Crippen LogP contribution is -2.23. The molecule has 0 saturated heterocycles. The highest BCUT2D eigenvalue weighted by molar-refractivity contribution is 5.82. The molecule has 0 aromatic heterocycles. The van der Waals surface area contributed by atoms with Crippen molar-refractivity contribution in [1.82, 2.24) is 0 Å². The Labute approximate surface area is 71.5 Å². The minimum absolute atomic E-state index is 0.0509. The minimum Gasteiger partial charge on any atom is -0.466 e. The van der Waals surface area contributed by atoms with Crippen LogP contribution < -0.4 is 0 Å². The van der Waals surface area contributed by atoms with Crippen molar-refractivity contribution in [3.05, 3.63) is 0 Å². The number of aliphatic hydroxyl groups excluding tert-OH is 1. The van der Waals surface area contributed by atoms with Gasteiger partial charge in [-0.25, -0.2) is 0 Å². The van der Waals surface area contributed by atoms with Gasteiger partial charge in [-0.1, -0.05) is 0 Å². The Morgan fingerprint density at radius 2 is 2.08 bits per heavy atom. The van der Waals surface area contributed by atoms with Crippen LogP contribution >= 0.6 is 0 Å². The smallest absolute Gasteiger partial charge is 0.311 e. The first-order valence-electron chi connectivity index (χ1n) is 3.88. The number of carbonyl (C=O) groups excluding carboxylic acids is 2. The summed E-state index contributed by atoms with van der Waals surface area (Å²) < 4.78 is 4.64. The maximum atomic E-state index is 11.0. The molecule has 1 atom stereocenters. The average Bonchev–Trinajstić information content (AvgIpc) is 2.00. The van der Waals surface area contributed by atoms with E-state index in [2.05, 4.69) is 4.74 Å². The van der Waals surface area contributed by atoms with E-state index in [4.69, 9.17) is 5.11 Å². The number of aliphatic hydroxyl groups is 1. The first-order valence-corrected chi connectivity index (χ1v) is 3.88. The Hall–Kier alpha value is -0.900. The summed E-state index contributed by atoms with van der Waals surface area (Å²) in [5, 5.41) is 8.72. The fourth-order valence-electron chi connectivity index (χ4n) is 0.830. The maximum Gasteiger partial charge on any atom is 0.311 e. The van der Waals surface area contributed by atoms with E-state index < -0.39 is 11.9 Å². The van der Waals surface area contributed by atoms with Gasteiger partial charge in [0.1, 0.15) is 5.78 Å². The third kappa shape index (κ3) is 4.08. The van der Waals surface area contributed by atoms with Crippen molar-refractivity contribution in [2.24, 2.45) is 5.92 Å². The van der Waals surface area contributed by atoms with Crippen molar-refractivity contribution >= 4 is 11.8 Å². The molecule has 0 aromatic carbocycles. The fraction of sp³-hybridized carbons (Fsp3) is 0.750. The van der Waals surface area contributed by atoms with Gasteiger partial charge in [-0.05, 0) is 13.8 Å². The van der Waals surface area contributed by atoms with Gasteiger partial charge in [0.25, 0.3) is 0 Å². The van der Waals surface area contributed by atoms with Gasteiger partial charge in [0, 0.05) is 6.42 Å². The van der Waals surface area contributed by atoms with Crippen molar-refractivity contribution in [3.63, 3.8) is 0 Å². The molecule has 70 valence electrons. The van der Waals surface area contributed by atoms with E-state index in [1.807, 2.05) is 0 Å². The monoisotopic (exact) mass is 174 g/mol. The van der Waals surface area contributed by atoms with Crippen LogP contribution in [0.4, 0.5) is 0 Å². The van der Waals surface area contributed by atoms with Crippen molar-refractivity contribution in [3.8, 4) is 0 Å². The Morgan fingerprint density at radius 3 is 2.42 bits per heavy atom. The van der Waals surface area contributed by atoms with Gasteiger partial charge in [-0.2, -0.15) is 0 Å². The van der Waals surface area contributed by atoms with Crippen LogP contribution in [0.3, 0.4) is 0 Å². The first kappa shape index (κ1) is 11.1. The standard InChI is InChI=1S/C8H14O4/c1-3-12-8(11)7(5-9)4-6(2)10/h7,9H,3-5H2,1-2H3. The summed E-state index contributed by atoms with van der Waals surface area (Å²) in [6, 6.07) is 0. The topological polar surface area (TPSA) is 63.6 Å². The molecule has 0 amide bonds. The number of hydrogen-bond acceptors (Lipinski definition) is 4. The SMILES string of the molecule is CCOC(=O)C(CO)CC(C)=O. The molecule has 0 fully saturated rings. The van der Waals surface area contributed by atoms with Crippen LogP contribution in [0.5, 0.6) is 0 Å². The predicted octanol–water partition coefficient (Wildman–Crippen LogP) is 0.137.